The summed E-state index contributed by atoms with van der Waals surface area (Å²) in [5.41, 5.74) is 16.0. The van der Waals surface area contributed by atoms with Gasteiger partial charge in [0.15, 0.2) is 5.58 Å². The minimum Gasteiger partial charge on any atom is -0.455 e. The molecule has 2 aromatic heterocycles. The summed E-state index contributed by atoms with van der Waals surface area (Å²) in [4.78, 5) is 5.01. The van der Waals surface area contributed by atoms with Crippen LogP contribution in [0.2, 0.25) is 39.3 Å². The Labute approximate surface area is 429 Å². The van der Waals surface area contributed by atoms with Gasteiger partial charge in [0, 0.05) is 50.0 Å². The summed E-state index contributed by atoms with van der Waals surface area (Å²) < 4.78 is 14.9. The smallest absolute Gasteiger partial charge is 0.160 e. The molecule has 1 aliphatic rings. The van der Waals surface area contributed by atoms with E-state index in [4.69, 9.17) is 8.83 Å². The molecule has 6 heteroatoms. The maximum Gasteiger partial charge on any atom is 0.160 e. The highest BCUT2D eigenvalue weighted by Gasteiger charge is 2.50. The molecular weight excluding hydrogens is 921 g/mol. The van der Waals surface area contributed by atoms with Crippen molar-refractivity contribution in [3.8, 4) is 11.1 Å². The predicted octanol–water partition coefficient (Wildman–Crippen LogP) is 17.9. The zero-order valence-electron chi connectivity index (χ0n) is 42.2. The Kier molecular flexibility index (Phi) is 10.4. The van der Waals surface area contributed by atoms with Crippen molar-refractivity contribution in [3.63, 3.8) is 0 Å². The van der Waals surface area contributed by atoms with E-state index >= 15 is 0 Å². The van der Waals surface area contributed by atoms with Gasteiger partial charge in [-0.3, -0.25) is 0 Å². The van der Waals surface area contributed by atoms with E-state index < -0.39 is 21.6 Å². The average Bonchev–Trinajstić information content (AvgIpc) is 4.12. The number of hydrogen-bond donors (Lipinski definition) is 0. The SMILES string of the molecule is C[Si](C)(C)c1ccccc1N(c1ccccc1)c1cc2c(c3c1oc1ccccc13)-c1c(cc(N(c3ccccc3)c3ccccc3[Si](C)(C)C)c3c1oc1ccccc13)C2(c1ccccc1)c1ccccc1. The van der Waals surface area contributed by atoms with Crippen molar-refractivity contribution in [2.24, 2.45) is 0 Å². The Morgan fingerprint density at radius 2 is 0.726 bits per heavy atom. The maximum atomic E-state index is 7.53. The third-order valence-electron chi connectivity index (χ3n) is 15.1. The minimum absolute atomic E-state index is 0.834. The topological polar surface area (TPSA) is 32.8 Å². The van der Waals surface area contributed by atoms with Crippen molar-refractivity contribution in [2.75, 3.05) is 9.80 Å². The molecule has 354 valence electrons. The molecule has 0 saturated carbocycles. The Hall–Kier alpha value is -8.17. The van der Waals surface area contributed by atoms with Crippen LogP contribution in [0.3, 0.4) is 0 Å². The Bertz CT molecular complexity index is 4020. The zero-order valence-corrected chi connectivity index (χ0v) is 44.2. The molecule has 13 rings (SSSR count). The summed E-state index contributed by atoms with van der Waals surface area (Å²) in [6.07, 6.45) is 0. The van der Waals surface area contributed by atoms with Crippen LogP contribution in [0, 0.1) is 0 Å². The molecule has 0 aliphatic heterocycles. The van der Waals surface area contributed by atoms with Crippen molar-refractivity contribution in [2.45, 2.75) is 44.7 Å². The molecule has 0 amide bonds. The van der Waals surface area contributed by atoms with Gasteiger partial charge in [-0.25, -0.2) is 0 Å². The van der Waals surface area contributed by atoms with Gasteiger partial charge in [-0.05, 0) is 93.3 Å². The lowest BCUT2D eigenvalue weighted by atomic mass is 9.67. The van der Waals surface area contributed by atoms with Crippen molar-refractivity contribution >= 4 is 105 Å². The predicted molar refractivity (Wildman–Crippen MR) is 314 cm³/mol. The van der Waals surface area contributed by atoms with E-state index in [0.717, 1.165) is 89.0 Å². The molecule has 0 bridgehead atoms. The van der Waals surface area contributed by atoms with Crippen LogP contribution in [-0.4, -0.2) is 16.1 Å². The van der Waals surface area contributed by atoms with Gasteiger partial charge in [0.1, 0.15) is 16.7 Å². The van der Waals surface area contributed by atoms with Crippen molar-refractivity contribution in [1.82, 2.24) is 0 Å². The van der Waals surface area contributed by atoms with E-state index in [1.807, 2.05) is 0 Å². The summed E-state index contributed by atoms with van der Waals surface area (Å²) in [6.45, 7) is 14.7. The fourth-order valence-corrected chi connectivity index (χ4v) is 15.2. The number of nitrogens with zero attached hydrogens (tertiary/aromatic N) is 2. The Morgan fingerprint density at radius 1 is 0.342 bits per heavy atom. The molecule has 0 spiro atoms. The third kappa shape index (κ3) is 6.92. The van der Waals surface area contributed by atoms with Crippen LogP contribution < -0.4 is 20.2 Å². The molecule has 0 fully saturated rings. The molecule has 0 saturated heterocycles. The fraction of sp³-hybridized carbons (Fsp3) is 0.104. The second-order valence-electron chi connectivity index (χ2n) is 21.6. The van der Waals surface area contributed by atoms with Crippen molar-refractivity contribution in [1.29, 1.82) is 0 Å². The van der Waals surface area contributed by atoms with Crippen molar-refractivity contribution in [3.05, 3.63) is 253 Å². The van der Waals surface area contributed by atoms with E-state index in [1.165, 1.54) is 32.8 Å². The quantitative estimate of drug-likeness (QED) is 0.128. The molecule has 73 heavy (non-hydrogen) atoms. The first-order valence-corrected chi connectivity index (χ1v) is 32.5. The summed E-state index contributed by atoms with van der Waals surface area (Å²) in [5.74, 6) is 0. The highest BCUT2D eigenvalue weighted by molar-refractivity contribution is 6.90. The second kappa shape index (κ2) is 17.0. The Balaban J connectivity index is 1.28. The summed E-state index contributed by atoms with van der Waals surface area (Å²) in [7, 11) is -3.87. The van der Waals surface area contributed by atoms with Gasteiger partial charge in [-0.1, -0.05) is 209 Å². The van der Waals surface area contributed by atoms with E-state index in [0.29, 0.717) is 0 Å². The second-order valence-corrected chi connectivity index (χ2v) is 31.7. The van der Waals surface area contributed by atoms with Crippen LogP contribution in [0.4, 0.5) is 34.1 Å². The summed E-state index contributed by atoms with van der Waals surface area (Å²) >= 11 is 0. The van der Waals surface area contributed by atoms with Gasteiger partial charge < -0.3 is 18.6 Å². The van der Waals surface area contributed by atoms with Crippen LogP contribution in [-0.2, 0) is 5.41 Å². The molecule has 4 nitrogen and oxygen atoms in total. The number of para-hydroxylation sites is 6. The fourth-order valence-electron chi connectivity index (χ4n) is 12.1. The third-order valence-corrected chi connectivity index (χ3v) is 19.2. The normalized spacial score (nSPS) is 13.2. The molecule has 12 aromatic rings. The lowest BCUT2D eigenvalue weighted by Gasteiger charge is -2.36. The van der Waals surface area contributed by atoms with E-state index in [-0.39, 0.29) is 0 Å². The highest BCUT2D eigenvalue weighted by atomic mass is 28.3. The van der Waals surface area contributed by atoms with Crippen LogP contribution in [0.25, 0.3) is 55.0 Å². The first-order chi connectivity index (χ1) is 35.5. The number of benzene rings is 10. The zero-order chi connectivity index (χ0) is 49.6. The number of fused-ring (bicyclic) bond motifs is 11. The van der Waals surface area contributed by atoms with E-state index in [1.54, 1.807) is 0 Å². The van der Waals surface area contributed by atoms with Crippen LogP contribution in [0.5, 0.6) is 0 Å². The molecule has 0 unspecified atom stereocenters. The number of furan rings is 2. The molecule has 0 radical (unpaired) electrons. The number of hydrogen-bond acceptors (Lipinski definition) is 4. The van der Waals surface area contributed by atoms with Crippen LogP contribution in [0.15, 0.2) is 239 Å². The molecule has 0 N–H and O–H groups in total. The van der Waals surface area contributed by atoms with Gasteiger partial charge >= 0.3 is 0 Å². The van der Waals surface area contributed by atoms with Crippen LogP contribution in [0.1, 0.15) is 22.3 Å². The first-order valence-electron chi connectivity index (χ1n) is 25.5. The minimum atomic E-state index is -1.93. The van der Waals surface area contributed by atoms with Crippen LogP contribution >= 0.6 is 0 Å². The number of anilines is 6. The van der Waals surface area contributed by atoms with Gasteiger partial charge in [0.25, 0.3) is 0 Å². The lowest BCUT2D eigenvalue weighted by Crippen LogP contribution is -2.40. The van der Waals surface area contributed by atoms with Gasteiger partial charge in [-0.2, -0.15) is 0 Å². The average molecular weight is 977 g/mol. The molecular formula is C67H56N2O2Si2. The number of rotatable bonds is 10. The summed E-state index contributed by atoms with van der Waals surface area (Å²) in [6, 6.07) is 84.6. The Morgan fingerprint density at radius 3 is 1.23 bits per heavy atom. The molecule has 1 aliphatic carbocycles. The molecule has 10 aromatic carbocycles. The maximum absolute atomic E-state index is 7.53. The van der Waals surface area contributed by atoms with Gasteiger partial charge in [0.05, 0.1) is 38.3 Å². The van der Waals surface area contributed by atoms with E-state index in [9.17, 15) is 0 Å². The molecule has 2 heterocycles. The first kappa shape index (κ1) is 44.8. The standard InChI is InChI=1S/C67H56N2O2Si2/c1-72(2,3)59-41-25-21-37-53(59)68(47-31-15-9-16-32-47)55-43-52-64(66-61(55)49-35-19-23-39-57(49)71-66)63-51(67(52,45-27-11-7-12-28-45)46-29-13-8-14-30-46)44-56(65-62(63)50-36-20-24-40-58(50)70-65)69(48-33-17-10-18-34-48)54-38-22-26-42-60(54)73(4,5)6/h7-44H,1-6H3. The highest BCUT2D eigenvalue weighted by Crippen LogP contribution is 2.64. The largest absolute Gasteiger partial charge is 0.455 e. The lowest BCUT2D eigenvalue weighted by molar-refractivity contribution is 0.668. The van der Waals surface area contributed by atoms with E-state index in [2.05, 4.69) is 280 Å². The van der Waals surface area contributed by atoms with Gasteiger partial charge in [0.2, 0.25) is 0 Å². The molecule has 0 atom stereocenters. The van der Waals surface area contributed by atoms with Crippen molar-refractivity contribution < 1.29 is 8.83 Å². The van der Waals surface area contributed by atoms with Gasteiger partial charge in [-0.15, -0.1) is 0 Å². The monoisotopic (exact) mass is 976 g/mol. The summed E-state index contributed by atoms with van der Waals surface area (Å²) in [5, 5.41) is 7.04.